The number of rotatable bonds is 4. The first-order chi connectivity index (χ1) is 13.3. The predicted octanol–water partition coefficient (Wildman–Crippen LogP) is 4.04. The fraction of sp³-hybridized carbons (Fsp3) is 0.286. The molecule has 146 valence electrons. The number of fused-ring (bicyclic) bond motifs is 1. The maximum Gasteiger partial charge on any atom is 0.181 e. The quantitative estimate of drug-likeness (QED) is 0.606. The van der Waals surface area contributed by atoms with E-state index in [4.69, 9.17) is 12.2 Å². The van der Waals surface area contributed by atoms with Gasteiger partial charge in [-0.05, 0) is 54.4 Å². The fourth-order valence-corrected chi connectivity index (χ4v) is 4.66. The van der Waals surface area contributed by atoms with Gasteiger partial charge in [0.05, 0.1) is 17.3 Å². The van der Waals surface area contributed by atoms with Crippen molar-refractivity contribution in [1.29, 1.82) is 0 Å². The zero-order valence-corrected chi connectivity index (χ0v) is 17.6. The zero-order chi connectivity index (χ0) is 19.9. The van der Waals surface area contributed by atoms with Crippen LogP contribution in [-0.4, -0.2) is 30.4 Å². The van der Waals surface area contributed by atoms with Gasteiger partial charge >= 0.3 is 0 Å². The minimum atomic E-state index is -3.20. The molecule has 1 aliphatic rings. The molecule has 0 atom stereocenters. The predicted molar refractivity (Wildman–Crippen MR) is 115 cm³/mol. The van der Waals surface area contributed by atoms with E-state index >= 15 is 0 Å². The molecular weight excluding hydrogens is 390 g/mol. The molecule has 28 heavy (non-hydrogen) atoms. The molecule has 7 heteroatoms. The molecule has 0 unspecified atom stereocenters. The van der Waals surface area contributed by atoms with Crippen LogP contribution in [0.2, 0.25) is 0 Å². The van der Waals surface area contributed by atoms with Gasteiger partial charge in [0.25, 0.3) is 0 Å². The Morgan fingerprint density at radius 2 is 1.86 bits per heavy atom. The Morgan fingerprint density at radius 1 is 1.11 bits per heavy atom. The summed E-state index contributed by atoms with van der Waals surface area (Å²) in [7, 11) is -1.21. The Bertz CT molecular complexity index is 1180. The van der Waals surface area contributed by atoms with Gasteiger partial charge in [-0.3, -0.25) is 0 Å². The van der Waals surface area contributed by atoms with Crippen molar-refractivity contribution in [2.45, 2.75) is 24.4 Å². The summed E-state index contributed by atoms with van der Waals surface area (Å²) >= 11 is 5.67. The minimum absolute atomic E-state index is 0.385. The van der Waals surface area contributed by atoms with Crippen LogP contribution in [0.1, 0.15) is 12.0 Å². The number of sulfone groups is 1. The maximum absolute atomic E-state index is 11.9. The van der Waals surface area contributed by atoms with Crippen LogP contribution in [0, 0.1) is 4.77 Å². The zero-order valence-electron chi connectivity index (χ0n) is 16.0. The largest absolute Gasteiger partial charge is 0.353 e. The molecule has 0 N–H and O–H groups in total. The van der Waals surface area contributed by atoms with Gasteiger partial charge in [-0.2, -0.15) is 0 Å². The van der Waals surface area contributed by atoms with Crippen LogP contribution < -0.4 is 4.90 Å². The molecule has 5 nitrogen and oxygen atoms in total. The van der Waals surface area contributed by atoms with Gasteiger partial charge in [0, 0.05) is 31.7 Å². The van der Waals surface area contributed by atoms with Crippen LogP contribution in [0.5, 0.6) is 0 Å². The van der Waals surface area contributed by atoms with Gasteiger partial charge in [-0.15, -0.1) is 0 Å². The fourth-order valence-electron chi connectivity index (χ4n) is 3.78. The Morgan fingerprint density at radius 3 is 2.57 bits per heavy atom. The first kappa shape index (κ1) is 19.0. The number of benzene rings is 2. The molecule has 0 aliphatic carbocycles. The Kier molecular flexibility index (Phi) is 4.89. The molecule has 1 aliphatic heterocycles. The molecule has 2 aromatic carbocycles. The van der Waals surface area contributed by atoms with Crippen molar-refractivity contribution < 1.29 is 8.42 Å². The number of nitrogens with zero attached hydrogens (tertiary/aromatic N) is 3. The second-order valence-electron chi connectivity index (χ2n) is 7.26. The summed E-state index contributed by atoms with van der Waals surface area (Å²) < 4.78 is 28.6. The Balaban J connectivity index is 1.68. The van der Waals surface area contributed by atoms with E-state index in [-0.39, 0.29) is 0 Å². The van der Waals surface area contributed by atoms with Crippen molar-refractivity contribution in [2.75, 3.05) is 17.7 Å². The number of aryl methyl sites for hydroxylation is 1. The van der Waals surface area contributed by atoms with Crippen LogP contribution in [0.3, 0.4) is 0 Å². The van der Waals surface area contributed by atoms with Crippen molar-refractivity contribution in [3.8, 4) is 11.3 Å². The SMILES string of the molecule is Cn1c(-c2ccccc2)cn(CN2CCCc3cc(S(C)(=O)=O)ccc32)c1=S. The van der Waals surface area contributed by atoms with Gasteiger partial charge in [0.15, 0.2) is 14.6 Å². The van der Waals surface area contributed by atoms with Crippen molar-refractivity contribution >= 4 is 27.7 Å². The number of hydrogen-bond donors (Lipinski definition) is 0. The van der Waals surface area contributed by atoms with Crippen molar-refractivity contribution in [1.82, 2.24) is 9.13 Å². The third-order valence-corrected chi connectivity index (χ3v) is 6.88. The molecule has 0 amide bonds. The highest BCUT2D eigenvalue weighted by Gasteiger charge is 2.20. The lowest BCUT2D eigenvalue weighted by molar-refractivity contribution is 0.584. The second kappa shape index (κ2) is 7.22. The molecule has 2 heterocycles. The summed E-state index contributed by atoms with van der Waals surface area (Å²) in [5.41, 5.74) is 4.38. The van der Waals surface area contributed by atoms with E-state index in [9.17, 15) is 8.42 Å². The van der Waals surface area contributed by atoms with Gasteiger partial charge in [0.1, 0.15) is 0 Å². The van der Waals surface area contributed by atoms with Gasteiger partial charge in [-0.1, -0.05) is 30.3 Å². The lowest BCUT2D eigenvalue weighted by Crippen LogP contribution is -2.31. The van der Waals surface area contributed by atoms with E-state index in [0.717, 1.165) is 46.7 Å². The number of hydrogen-bond acceptors (Lipinski definition) is 4. The summed E-state index contributed by atoms with van der Waals surface area (Å²) in [6, 6.07) is 15.7. The van der Waals surface area contributed by atoms with Crippen LogP contribution in [0.25, 0.3) is 11.3 Å². The Labute approximate surface area is 170 Å². The molecule has 1 aromatic heterocycles. The lowest BCUT2D eigenvalue weighted by Gasteiger charge is -2.31. The number of imidazole rings is 1. The third kappa shape index (κ3) is 3.52. The van der Waals surface area contributed by atoms with E-state index in [1.807, 2.05) is 41.9 Å². The maximum atomic E-state index is 11.9. The summed E-state index contributed by atoms with van der Waals surface area (Å²) in [4.78, 5) is 2.66. The third-order valence-electron chi connectivity index (χ3n) is 5.26. The molecular formula is C21H23N3O2S2. The van der Waals surface area contributed by atoms with E-state index in [1.165, 1.54) is 6.26 Å². The highest BCUT2D eigenvalue weighted by Crippen LogP contribution is 2.30. The minimum Gasteiger partial charge on any atom is -0.353 e. The number of anilines is 1. The Hall–Kier alpha value is -2.38. The summed E-state index contributed by atoms with van der Waals surface area (Å²) in [6.07, 6.45) is 5.23. The molecule has 0 fully saturated rings. The normalized spacial score (nSPS) is 14.1. The van der Waals surface area contributed by atoms with Crippen molar-refractivity contribution in [3.05, 3.63) is 65.1 Å². The van der Waals surface area contributed by atoms with Crippen molar-refractivity contribution in [2.24, 2.45) is 7.05 Å². The van der Waals surface area contributed by atoms with Crippen LogP contribution in [0.4, 0.5) is 5.69 Å². The highest BCUT2D eigenvalue weighted by atomic mass is 32.2. The molecule has 0 saturated carbocycles. The monoisotopic (exact) mass is 413 g/mol. The molecule has 0 bridgehead atoms. The molecule has 4 rings (SSSR count). The first-order valence-corrected chi connectivity index (χ1v) is 11.5. The second-order valence-corrected chi connectivity index (χ2v) is 9.64. The first-order valence-electron chi connectivity index (χ1n) is 9.24. The highest BCUT2D eigenvalue weighted by molar-refractivity contribution is 7.90. The van der Waals surface area contributed by atoms with E-state index in [0.29, 0.717) is 11.6 Å². The average molecular weight is 414 g/mol. The van der Waals surface area contributed by atoms with Crippen molar-refractivity contribution in [3.63, 3.8) is 0 Å². The van der Waals surface area contributed by atoms with E-state index in [1.54, 1.807) is 6.07 Å². The van der Waals surface area contributed by atoms with Gasteiger partial charge in [-0.25, -0.2) is 8.42 Å². The smallest absolute Gasteiger partial charge is 0.181 e. The molecule has 0 radical (unpaired) electrons. The van der Waals surface area contributed by atoms with Crippen LogP contribution >= 0.6 is 12.2 Å². The standard InChI is InChI=1S/C21H23N3O2S2/c1-22-20(16-7-4-3-5-8-16)14-24(21(22)27)15-23-12-6-9-17-13-18(28(2,25)26)10-11-19(17)23/h3-5,7-8,10-11,13-14H,6,9,12,15H2,1-2H3. The average Bonchev–Trinajstić information content (AvgIpc) is 2.96. The van der Waals surface area contributed by atoms with Crippen LogP contribution in [0.15, 0.2) is 59.6 Å². The van der Waals surface area contributed by atoms with Gasteiger partial charge in [0.2, 0.25) is 0 Å². The lowest BCUT2D eigenvalue weighted by atomic mass is 10.0. The summed E-state index contributed by atoms with van der Waals surface area (Å²) in [6.45, 7) is 1.56. The molecule has 0 spiro atoms. The number of aromatic nitrogens is 2. The van der Waals surface area contributed by atoms with Crippen LogP contribution in [-0.2, 0) is 30.0 Å². The molecule has 3 aromatic rings. The van der Waals surface area contributed by atoms with E-state index < -0.39 is 9.84 Å². The summed E-state index contributed by atoms with van der Waals surface area (Å²) in [5.74, 6) is 0. The van der Waals surface area contributed by atoms with E-state index in [2.05, 4.69) is 27.8 Å². The summed E-state index contributed by atoms with van der Waals surface area (Å²) in [5, 5.41) is 0. The van der Waals surface area contributed by atoms with Gasteiger partial charge < -0.3 is 14.0 Å². The topological polar surface area (TPSA) is 47.2 Å². The molecule has 0 saturated heterocycles.